The number of Topliss-reactive ketones (excluding diaryl/α,β-unsaturated/α-hetero) is 2. The topological polar surface area (TPSA) is 97.7 Å². The van der Waals surface area contributed by atoms with Gasteiger partial charge in [0.25, 0.3) is 0 Å². The molecule has 0 bridgehead atoms. The minimum Gasteiger partial charge on any atom is -0.481 e. The first-order chi connectivity index (χ1) is 9.15. The Kier molecular flexibility index (Phi) is 7.10. The van der Waals surface area contributed by atoms with E-state index >= 15 is 0 Å². The molecule has 0 heterocycles. The lowest BCUT2D eigenvalue weighted by Crippen LogP contribution is -2.40. The predicted molar refractivity (Wildman–Crippen MR) is 71.1 cm³/mol. The molecule has 0 saturated carbocycles. The standard InChI is InChI=1S/C14H22O6/c1-5-9(2)20-13(19)8-14(10(3)15,11(4)16)7-6-12(17)18/h9H,5-8H2,1-4H3,(H,17,18). The first-order valence-corrected chi connectivity index (χ1v) is 6.59. The van der Waals surface area contributed by atoms with Crippen LogP contribution in [0.25, 0.3) is 0 Å². The van der Waals surface area contributed by atoms with Crippen molar-refractivity contribution >= 4 is 23.5 Å². The highest BCUT2D eigenvalue weighted by Crippen LogP contribution is 2.31. The molecule has 6 nitrogen and oxygen atoms in total. The van der Waals surface area contributed by atoms with E-state index in [9.17, 15) is 19.2 Å². The molecule has 1 atom stereocenters. The Morgan fingerprint density at radius 1 is 1.15 bits per heavy atom. The molecule has 0 fully saturated rings. The van der Waals surface area contributed by atoms with Crippen molar-refractivity contribution in [1.82, 2.24) is 0 Å². The molecule has 0 radical (unpaired) electrons. The molecule has 0 aliphatic carbocycles. The van der Waals surface area contributed by atoms with Crippen LogP contribution in [0.3, 0.4) is 0 Å². The molecule has 0 rings (SSSR count). The summed E-state index contributed by atoms with van der Waals surface area (Å²) >= 11 is 0. The fraction of sp³-hybridized carbons (Fsp3) is 0.714. The second-order valence-corrected chi connectivity index (χ2v) is 4.97. The fourth-order valence-corrected chi connectivity index (χ4v) is 1.85. The van der Waals surface area contributed by atoms with Gasteiger partial charge in [0.15, 0.2) is 0 Å². The molecule has 1 unspecified atom stereocenters. The number of carbonyl (C=O) groups is 4. The Morgan fingerprint density at radius 2 is 1.65 bits per heavy atom. The van der Waals surface area contributed by atoms with Gasteiger partial charge in [0.2, 0.25) is 0 Å². The van der Waals surface area contributed by atoms with Crippen molar-refractivity contribution in [2.24, 2.45) is 5.41 Å². The van der Waals surface area contributed by atoms with Gasteiger partial charge in [-0.1, -0.05) is 6.92 Å². The summed E-state index contributed by atoms with van der Waals surface area (Å²) in [6.07, 6.45) is -0.639. The van der Waals surface area contributed by atoms with Crippen LogP contribution in [-0.4, -0.2) is 34.7 Å². The number of hydrogen-bond donors (Lipinski definition) is 1. The van der Waals surface area contributed by atoms with Gasteiger partial charge in [-0.25, -0.2) is 0 Å². The smallest absolute Gasteiger partial charge is 0.307 e. The third kappa shape index (κ3) is 5.11. The largest absolute Gasteiger partial charge is 0.481 e. The predicted octanol–water partition coefficient (Wildman–Crippen LogP) is 1.75. The van der Waals surface area contributed by atoms with Gasteiger partial charge in [-0.15, -0.1) is 0 Å². The summed E-state index contributed by atoms with van der Waals surface area (Å²) in [4.78, 5) is 46.0. The van der Waals surface area contributed by atoms with Gasteiger partial charge in [-0.05, 0) is 33.6 Å². The summed E-state index contributed by atoms with van der Waals surface area (Å²) in [5.74, 6) is -2.79. The Morgan fingerprint density at radius 3 is 2.00 bits per heavy atom. The van der Waals surface area contributed by atoms with Crippen molar-refractivity contribution in [3.63, 3.8) is 0 Å². The second-order valence-electron chi connectivity index (χ2n) is 4.97. The average Bonchev–Trinajstić information content (AvgIpc) is 2.33. The maximum absolute atomic E-state index is 11.8. The van der Waals surface area contributed by atoms with E-state index in [1.165, 1.54) is 13.8 Å². The van der Waals surface area contributed by atoms with E-state index in [1.54, 1.807) is 6.92 Å². The van der Waals surface area contributed by atoms with Crippen molar-refractivity contribution in [1.29, 1.82) is 0 Å². The molecule has 114 valence electrons. The van der Waals surface area contributed by atoms with Crippen LogP contribution in [-0.2, 0) is 23.9 Å². The van der Waals surface area contributed by atoms with E-state index < -0.39 is 35.3 Å². The quantitative estimate of drug-likeness (QED) is 0.512. The number of rotatable bonds is 9. The van der Waals surface area contributed by atoms with Gasteiger partial charge in [-0.3, -0.25) is 19.2 Å². The highest BCUT2D eigenvalue weighted by atomic mass is 16.5. The first-order valence-electron chi connectivity index (χ1n) is 6.59. The highest BCUT2D eigenvalue weighted by Gasteiger charge is 2.43. The zero-order valence-electron chi connectivity index (χ0n) is 12.4. The molecular formula is C14H22O6. The Labute approximate surface area is 118 Å². The number of carboxylic acid groups (broad SMARTS) is 1. The van der Waals surface area contributed by atoms with Crippen molar-refractivity contribution in [3.8, 4) is 0 Å². The number of ketones is 2. The molecule has 6 heteroatoms. The Balaban J connectivity index is 5.10. The molecule has 0 aliphatic rings. The number of carboxylic acids is 1. The lowest BCUT2D eigenvalue weighted by atomic mass is 9.73. The van der Waals surface area contributed by atoms with Crippen LogP contribution in [0, 0.1) is 5.41 Å². The van der Waals surface area contributed by atoms with Crippen molar-refractivity contribution < 1.29 is 29.0 Å². The number of hydrogen-bond acceptors (Lipinski definition) is 5. The third-order valence-electron chi connectivity index (χ3n) is 3.47. The summed E-state index contributed by atoms with van der Waals surface area (Å²) in [6, 6.07) is 0. The third-order valence-corrected chi connectivity index (χ3v) is 3.47. The highest BCUT2D eigenvalue weighted by molar-refractivity contribution is 6.07. The van der Waals surface area contributed by atoms with Gasteiger partial charge in [0.05, 0.1) is 17.9 Å². The molecule has 0 aromatic rings. The van der Waals surface area contributed by atoms with E-state index in [4.69, 9.17) is 9.84 Å². The lowest BCUT2D eigenvalue weighted by molar-refractivity contribution is -0.158. The molecule has 1 N–H and O–H groups in total. The summed E-state index contributed by atoms with van der Waals surface area (Å²) in [5, 5.41) is 8.72. The zero-order chi connectivity index (χ0) is 15.9. The molecule has 20 heavy (non-hydrogen) atoms. The number of aliphatic carboxylic acids is 1. The molecule has 0 amide bonds. The van der Waals surface area contributed by atoms with Crippen LogP contribution in [0.5, 0.6) is 0 Å². The maximum atomic E-state index is 11.8. The SMILES string of the molecule is CCC(C)OC(=O)CC(CCC(=O)O)(C(C)=O)C(C)=O. The normalized spacial score (nSPS) is 12.6. The number of carbonyl (C=O) groups excluding carboxylic acids is 3. The van der Waals surface area contributed by atoms with E-state index in [1.807, 2.05) is 6.92 Å². The lowest BCUT2D eigenvalue weighted by Gasteiger charge is -2.27. The van der Waals surface area contributed by atoms with Crippen LogP contribution in [0.15, 0.2) is 0 Å². The van der Waals surface area contributed by atoms with Gasteiger partial charge in [0.1, 0.15) is 11.6 Å². The van der Waals surface area contributed by atoms with Gasteiger partial charge in [0, 0.05) is 6.42 Å². The van der Waals surface area contributed by atoms with E-state index in [-0.39, 0.29) is 18.9 Å². The molecule has 0 aromatic carbocycles. The monoisotopic (exact) mass is 286 g/mol. The molecule has 0 aromatic heterocycles. The molecular weight excluding hydrogens is 264 g/mol. The summed E-state index contributed by atoms with van der Waals surface area (Å²) in [6.45, 7) is 5.93. The Hall–Kier alpha value is -1.72. The van der Waals surface area contributed by atoms with E-state index in [2.05, 4.69) is 0 Å². The number of ether oxygens (including phenoxy) is 1. The minimum atomic E-state index is -1.59. The summed E-state index contributed by atoms with van der Waals surface area (Å²) < 4.78 is 5.07. The molecule has 0 saturated heterocycles. The van der Waals surface area contributed by atoms with Crippen LogP contribution in [0.2, 0.25) is 0 Å². The first kappa shape index (κ1) is 18.3. The van der Waals surface area contributed by atoms with Crippen LogP contribution in [0.1, 0.15) is 53.4 Å². The van der Waals surface area contributed by atoms with Crippen molar-refractivity contribution in [3.05, 3.63) is 0 Å². The number of esters is 1. The summed E-state index contributed by atoms with van der Waals surface area (Å²) in [5.41, 5.74) is -1.59. The molecule has 0 spiro atoms. The van der Waals surface area contributed by atoms with Crippen LogP contribution >= 0.6 is 0 Å². The Bertz CT molecular complexity index is 384. The van der Waals surface area contributed by atoms with Gasteiger partial charge >= 0.3 is 11.9 Å². The second kappa shape index (κ2) is 7.77. The fourth-order valence-electron chi connectivity index (χ4n) is 1.85. The summed E-state index contributed by atoms with van der Waals surface area (Å²) in [7, 11) is 0. The molecule has 0 aliphatic heterocycles. The van der Waals surface area contributed by atoms with Crippen LogP contribution < -0.4 is 0 Å². The zero-order valence-corrected chi connectivity index (χ0v) is 12.4. The van der Waals surface area contributed by atoms with Crippen molar-refractivity contribution in [2.45, 2.75) is 59.5 Å². The average molecular weight is 286 g/mol. The van der Waals surface area contributed by atoms with Crippen LogP contribution in [0.4, 0.5) is 0 Å². The maximum Gasteiger partial charge on any atom is 0.307 e. The minimum absolute atomic E-state index is 0.192. The van der Waals surface area contributed by atoms with E-state index in [0.717, 1.165) is 0 Å². The van der Waals surface area contributed by atoms with Crippen molar-refractivity contribution in [2.75, 3.05) is 0 Å². The van der Waals surface area contributed by atoms with Gasteiger partial charge < -0.3 is 9.84 Å². The van der Waals surface area contributed by atoms with Gasteiger partial charge in [-0.2, -0.15) is 0 Å². The van der Waals surface area contributed by atoms with E-state index in [0.29, 0.717) is 6.42 Å².